The molecule has 0 fully saturated rings. The van der Waals surface area contributed by atoms with Gasteiger partial charge in [0, 0.05) is 7.05 Å². The van der Waals surface area contributed by atoms with Crippen LogP contribution in [0.1, 0.15) is 26.7 Å². The molecule has 48 valence electrons. The Labute approximate surface area is 51.0 Å². The third kappa shape index (κ3) is 3.78. The largest absolute Gasteiger partial charge is 0.197 e. The van der Waals surface area contributed by atoms with E-state index in [2.05, 4.69) is 24.1 Å². The molecular formula is C6H14N2. The zero-order chi connectivity index (χ0) is 6.41. The van der Waals surface area contributed by atoms with Crippen LogP contribution in [0.3, 0.4) is 0 Å². The molecule has 0 aliphatic heterocycles. The van der Waals surface area contributed by atoms with Crippen LogP contribution < -0.4 is 0 Å². The summed E-state index contributed by atoms with van der Waals surface area (Å²) in [4.78, 5) is 0. The van der Waals surface area contributed by atoms with Crippen LogP contribution in [0.5, 0.6) is 0 Å². The van der Waals surface area contributed by atoms with Crippen LogP contribution in [-0.2, 0) is 0 Å². The van der Waals surface area contributed by atoms with E-state index in [4.69, 9.17) is 0 Å². The van der Waals surface area contributed by atoms with Crippen molar-refractivity contribution in [2.24, 2.45) is 10.2 Å². The molecule has 1 atom stereocenters. The fourth-order valence-electron chi connectivity index (χ4n) is 0.673. The van der Waals surface area contributed by atoms with E-state index in [1.807, 2.05) is 0 Å². The van der Waals surface area contributed by atoms with Crippen molar-refractivity contribution in [2.45, 2.75) is 32.7 Å². The second-order valence-electron chi connectivity index (χ2n) is 1.95. The zero-order valence-electron chi connectivity index (χ0n) is 5.89. The average Bonchev–Trinajstić information content (AvgIpc) is 1.68. The van der Waals surface area contributed by atoms with E-state index in [-0.39, 0.29) is 0 Å². The molecule has 0 N–H and O–H groups in total. The predicted molar refractivity (Wildman–Crippen MR) is 35.1 cm³/mol. The minimum absolute atomic E-state index is 0.421. The SMILES string of the molecule is CCCC(C)N=NC. The second kappa shape index (κ2) is 4.75. The number of nitrogens with zero attached hydrogens (tertiary/aromatic N) is 2. The first-order chi connectivity index (χ1) is 3.81. The lowest BCUT2D eigenvalue weighted by Crippen LogP contribution is -1.93. The molecule has 8 heavy (non-hydrogen) atoms. The zero-order valence-corrected chi connectivity index (χ0v) is 5.89. The number of azo groups is 1. The maximum atomic E-state index is 3.94. The molecule has 0 aliphatic rings. The summed E-state index contributed by atoms with van der Waals surface area (Å²) in [5.41, 5.74) is 0. The Morgan fingerprint density at radius 2 is 2.12 bits per heavy atom. The van der Waals surface area contributed by atoms with Gasteiger partial charge in [0.2, 0.25) is 0 Å². The van der Waals surface area contributed by atoms with Gasteiger partial charge in [-0.25, -0.2) is 0 Å². The fraction of sp³-hybridized carbons (Fsp3) is 1.00. The van der Waals surface area contributed by atoms with Crippen LogP contribution in [-0.4, -0.2) is 13.1 Å². The minimum atomic E-state index is 0.421. The van der Waals surface area contributed by atoms with E-state index in [0.717, 1.165) is 6.42 Å². The molecule has 0 rings (SSSR count). The lowest BCUT2D eigenvalue weighted by molar-refractivity contribution is 0.624. The van der Waals surface area contributed by atoms with Crippen LogP contribution >= 0.6 is 0 Å². The Kier molecular flexibility index (Phi) is 4.51. The van der Waals surface area contributed by atoms with Gasteiger partial charge in [0.25, 0.3) is 0 Å². The summed E-state index contributed by atoms with van der Waals surface area (Å²) in [6.07, 6.45) is 2.34. The van der Waals surface area contributed by atoms with Gasteiger partial charge in [-0.2, -0.15) is 10.2 Å². The Bertz CT molecular complexity index is 68.9. The van der Waals surface area contributed by atoms with Gasteiger partial charge in [-0.15, -0.1) is 0 Å². The van der Waals surface area contributed by atoms with Gasteiger partial charge >= 0.3 is 0 Å². The topological polar surface area (TPSA) is 24.7 Å². The quantitative estimate of drug-likeness (QED) is 0.503. The van der Waals surface area contributed by atoms with Gasteiger partial charge in [-0.3, -0.25) is 0 Å². The van der Waals surface area contributed by atoms with E-state index in [0.29, 0.717) is 6.04 Å². The molecule has 0 radical (unpaired) electrons. The standard InChI is InChI=1S/C6H14N2/c1-4-5-6(2)8-7-3/h6H,4-5H2,1-3H3. The summed E-state index contributed by atoms with van der Waals surface area (Å²) < 4.78 is 0. The molecule has 0 aromatic rings. The van der Waals surface area contributed by atoms with Gasteiger partial charge in [0.05, 0.1) is 6.04 Å². The fourth-order valence-corrected chi connectivity index (χ4v) is 0.673. The molecule has 0 saturated carbocycles. The highest BCUT2D eigenvalue weighted by Gasteiger charge is 1.92. The summed E-state index contributed by atoms with van der Waals surface area (Å²) in [5.74, 6) is 0. The van der Waals surface area contributed by atoms with Crippen molar-refractivity contribution >= 4 is 0 Å². The van der Waals surface area contributed by atoms with Crippen molar-refractivity contribution < 1.29 is 0 Å². The smallest absolute Gasteiger partial charge is 0.0680 e. The highest BCUT2D eigenvalue weighted by atomic mass is 15.1. The normalized spacial score (nSPS) is 14.9. The molecule has 0 amide bonds. The molecule has 0 aromatic carbocycles. The van der Waals surface area contributed by atoms with Gasteiger partial charge in [0.15, 0.2) is 0 Å². The molecule has 0 saturated heterocycles. The van der Waals surface area contributed by atoms with Crippen LogP contribution in [0.25, 0.3) is 0 Å². The molecule has 0 aliphatic carbocycles. The van der Waals surface area contributed by atoms with E-state index >= 15 is 0 Å². The van der Waals surface area contributed by atoms with Crippen LogP contribution in [0.2, 0.25) is 0 Å². The maximum absolute atomic E-state index is 3.94. The van der Waals surface area contributed by atoms with Gasteiger partial charge in [-0.05, 0) is 13.3 Å². The molecule has 0 aromatic heterocycles. The lowest BCUT2D eigenvalue weighted by Gasteiger charge is -1.98. The summed E-state index contributed by atoms with van der Waals surface area (Å²) in [6, 6.07) is 0.421. The van der Waals surface area contributed by atoms with Crippen molar-refractivity contribution in [3.8, 4) is 0 Å². The van der Waals surface area contributed by atoms with Crippen molar-refractivity contribution in [1.82, 2.24) is 0 Å². The van der Waals surface area contributed by atoms with Gasteiger partial charge in [-0.1, -0.05) is 13.3 Å². The highest BCUT2D eigenvalue weighted by molar-refractivity contribution is 4.53. The first-order valence-corrected chi connectivity index (χ1v) is 3.10. The maximum Gasteiger partial charge on any atom is 0.0680 e. The molecule has 0 bridgehead atoms. The molecule has 2 nitrogen and oxygen atoms in total. The monoisotopic (exact) mass is 114 g/mol. The van der Waals surface area contributed by atoms with Crippen molar-refractivity contribution in [1.29, 1.82) is 0 Å². The van der Waals surface area contributed by atoms with Crippen molar-refractivity contribution in [3.63, 3.8) is 0 Å². The van der Waals surface area contributed by atoms with Crippen LogP contribution in [0, 0.1) is 0 Å². The Balaban J connectivity index is 3.17. The molecule has 1 unspecified atom stereocenters. The van der Waals surface area contributed by atoms with Gasteiger partial charge in [0.1, 0.15) is 0 Å². The van der Waals surface area contributed by atoms with E-state index in [1.165, 1.54) is 6.42 Å². The summed E-state index contributed by atoms with van der Waals surface area (Å²) in [5, 5.41) is 7.62. The summed E-state index contributed by atoms with van der Waals surface area (Å²) in [6.45, 7) is 4.23. The molecular weight excluding hydrogens is 100 g/mol. The minimum Gasteiger partial charge on any atom is -0.197 e. The number of hydrogen-bond acceptors (Lipinski definition) is 2. The third-order valence-electron chi connectivity index (χ3n) is 1.02. The Hall–Kier alpha value is -0.400. The first kappa shape index (κ1) is 7.60. The Morgan fingerprint density at radius 3 is 2.50 bits per heavy atom. The molecule has 2 heteroatoms. The van der Waals surface area contributed by atoms with E-state index in [9.17, 15) is 0 Å². The number of rotatable bonds is 3. The third-order valence-corrected chi connectivity index (χ3v) is 1.02. The average molecular weight is 114 g/mol. The van der Waals surface area contributed by atoms with Crippen LogP contribution in [0.15, 0.2) is 10.2 Å². The van der Waals surface area contributed by atoms with Gasteiger partial charge < -0.3 is 0 Å². The lowest BCUT2D eigenvalue weighted by atomic mass is 10.2. The number of hydrogen-bond donors (Lipinski definition) is 0. The Morgan fingerprint density at radius 1 is 1.50 bits per heavy atom. The van der Waals surface area contributed by atoms with E-state index < -0.39 is 0 Å². The highest BCUT2D eigenvalue weighted by Crippen LogP contribution is 1.98. The predicted octanol–water partition coefficient (Wildman–Crippen LogP) is 2.26. The second-order valence-corrected chi connectivity index (χ2v) is 1.95. The van der Waals surface area contributed by atoms with Crippen LogP contribution in [0.4, 0.5) is 0 Å². The van der Waals surface area contributed by atoms with E-state index in [1.54, 1.807) is 7.05 Å². The first-order valence-electron chi connectivity index (χ1n) is 3.10. The van der Waals surface area contributed by atoms with Crippen molar-refractivity contribution in [3.05, 3.63) is 0 Å². The summed E-state index contributed by atoms with van der Waals surface area (Å²) >= 11 is 0. The molecule has 0 heterocycles. The molecule has 0 spiro atoms. The summed E-state index contributed by atoms with van der Waals surface area (Å²) in [7, 11) is 1.71. The van der Waals surface area contributed by atoms with Crippen molar-refractivity contribution in [2.75, 3.05) is 7.05 Å².